The van der Waals surface area contributed by atoms with Gasteiger partial charge in [0.1, 0.15) is 5.15 Å². The summed E-state index contributed by atoms with van der Waals surface area (Å²) in [7, 11) is 0. The van der Waals surface area contributed by atoms with Crippen LogP contribution in [0.5, 0.6) is 0 Å². The van der Waals surface area contributed by atoms with Gasteiger partial charge in [-0.1, -0.05) is 39.3 Å². The van der Waals surface area contributed by atoms with E-state index in [1.807, 2.05) is 18.3 Å². The summed E-state index contributed by atoms with van der Waals surface area (Å²) >= 11 is 5.89. The van der Waals surface area contributed by atoms with Crippen LogP contribution in [0.25, 0.3) is 0 Å². The molecule has 0 spiro atoms. The van der Waals surface area contributed by atoms with Gasteiger partial charge in [0.2, 0.25) is 0 Å². The summed E-state index contributed by atoms with van der Waals surface area (Å²) in [6, 6.07) is 4.27. The van der Waals surface area contributed by atoms with Crippen LogP contribution in [0.1, 0.15) is 52.5 Å². The van der Waals surface area contributed by atoms with Crippen molar-refractivity contribution in [2.24, 2.45) is 10.4 Å². The fourth-order valence-electron chi connectivity index (χ4n) is 1.46. The molecule has 2 nitrogen and oxygen atoms in total. The van der Waals surface area contributed by atoms with Gasteiger partial charge < -0.3 is 0 Å². The Kier molecular flexibility index (Phi) is 5.33. The predicted molar refractivity (Wildman–Crippen MR) is 79.7 cm³/mol. The fourth-order valence-corrected chi connectivity index (χ4v) is 1.64. The number of rotatable bonds is 4. The summed E-state index contributed by atoms with van der Waals surface area (Å²) in [5.74, 6) is 0.418. The highest BCUT2D eigenvalue weighted by atomic mass is 35.5. The molecule has 1 heterocycles. The molecule has 0 N–H and O–H groups in total. The molecule has 18 heavy (non-hydrogen) atoms. The Balaban J connectivity index is 2.56. The number of aliphatic imine (C=N–C) groups is 1. The van der Waals surface area contributed by atoms with E-state index in [-0.39, 0.29) is 5.41 Å². The number of hydrogen-bond acceptors (Lipinski definition) is 2. The first-order valence-electron chi connectivity index (χ1n) is 6.44. The van der Waals surface area contributed by atoms with Crippen molar-refractivity contribution in [2.45, 2.75) is 53.0 Å². The SMILES string of the molecule is CC(C/C=N\C(C)C(C)(C)C)c1ccnc(Cl)c1. The van der Waals surface area contributed by atoms with Crippen LogP contribution < -0.4 is 0 Å². The summed E-state index contributed by atoms with van der Waals surface area (Å²) in [4.78, 5) is 8.60. The largest absolute Gasteiger partial charge is 0.294 e. The van der Waals surface area contributed by atoms with Gasteiger partial charge in [0.25, 0.3) is 0 Å². The summed E-state index contributed by atoms with van der Waals surface area (Å²) in [5, 5.41) is 0.555. The third-order valence-electron chi connectivity index (χ3n) is 3.36. The molecular formula is C15H23ClN2. The fraction of sp³-hybridized carbons (Fsp3) is 0.600. The Hall–Kier alpha value is -0.890. The molecule has 0 aliphatic carbocycles. The van der Waals surface area contributed by atoms with E-state index in [1.165, 1.54) is 5.56 Å². The van der Waals surface area contributed by atoms with E-state index >= 15 is 0 Å². The molecule has 0 aliphatic rings. The maximum absolute atomic E-state index is 5.89. The van der Waals surface area contributed by atoms with Crippen LogP contribution in [-0.4, -0.2) is 17.2 Å². The van der Waals surface area contributed by atoms with Crippen LogP contribution in [0.15, 0.2) is 23.3 Å². The second-order valence-electron chi connectivity index (χ2n) is 5.92. The maximum atomic E-state index is 5.89. The van der Waals surface area contributed by atoms with Gasteiger partial charge in [-0.15, -0.1) is 0 Å². The highest BCUT2D eigenvalue weighted by molar-refractivity contribution is 6.29. The van der Waals surface area contributed by atoms with E-state index in [0.29, 0.717) is 17.1 Å². The van der Waals surface area contributed by atoms with Crippen molar-refractivity contribution in [2.75, 3.05) is 0 Å². The van der Waals surface area contributed by atoms with Crippen molar-refractivity contribution in [3.63, 3.8) is 0 Å². The van der Waals surface area contributed by atoms with Crippen LogP contribution in [0.2, 0.25) is 5.15 Å². The van der Waals surface area contributed by atoms with Gasteiger partial charge in [-0.2, -0.15) is 0 Å². The van der Waals surface area contributed by atoms with Gasteiger partial charge in [0.15, 0.2) is 0 Å². The number of pyridine rings is 1. The Labute approximate surface area is 115 Å². The molecule has 0 saturated heterocycles. The summed E-state index contributed by atoms with van der Waals surface area (Å²) in [6.07, 6.45) is 4.72. The topological polar surface area (TPSA) is 25.2 Å². The number of hydrogen-bond donors (Lipinski definition) is 0. The average molecular weight is 267 g/mol. The quantitative estimate of drug-likeness (QED) is 0.571. The third-order valence-corrected chi connectivity index (χ3v) is 3.57. The first kappa shape index (κ1) is 15.2. The van der Waals surface area contributed by atoms with E-state index in [2.05, 4.69) is 44.6 Å². The van der Waals surface area contributed by atoms with Crippen LogP contribution in [-0.2, 0) is 0 Å². The molecule has 1 aromatic heterocycles. The second kappa shape index (κ2) is 6.33. The summed E-state index contributed by atoms with van der Waals surface area (Å²) < 4.78 is 0. The van der Waals surface area contributed by atoms with Gasteiger partial charge in [-0.3, -0.25) is 4.99 Å². The van der Waals surface area contributed by atoms with Crippen molar-refractivity contribution < 1.29 is 0 Å². The lowest BCUT2D eigenvalue weighted by Crippen LogP contribution is -2.20. The first-order valence-corrected chi connectivity index (χ1v) is 6.81. The molecule has 0 radical (unpaired) electrons. The van der Waals surface area contributed by atoms with Crippen molar-refractivity contribution >= 4 is 17.8 Å². The van der Waals surface area contributed by atoms with Gasteiger partial charge in [0.05, 0.1) is 6.04 Å². The monoisotopic (exact) mass is 266 g/mol. The molecule has 0 aliphatic heterocycles. The van der Waals surface area contributed by atoms with Crippen molar-refractivity contribution in [3.05, 3.63) is 29.0 Å². The molecule has 0 amide bonds. The Bertz CT molecular complexity index is 407. The highest BCUT2D eigenvalue weighted by Gasteiger charge is 2.18. The second-order valence-corrected chi connectivity index (χ2v) is 6.31. The van der Waals surface area contributed by atoms with E-state index < -0.39 is 0 Å². The highest BCUT2D eigenvalue weighted by Crippen LogP contribution is 2.23. The van der Waals surface area contributed by atoms with Crippen LogP contribution in [0, 0.1) is 5.41 Å². The summed E-state index contributed by atoms with van der Waals surface area (Å²) in [5.41, 5.74) is 1.43. The number of halogens is 1. The predicted octanol–water partition coefficient (Wildman–Crippen LogP) is 4.73. The molecular weight excluding hydrogens is 244 g/mol. The normalized spacial score (nSPS) is 15.9. The number of nitrogens with zero attached hydrogens (tertiary/aromatic N) is 2. The van der Waals surface area contributed by atoms with Gasteiger partial charge in [0, 0.05) is 6.20 Å². The van der Waals surface area contributed by atoms with E-state index in [1.54, 1.807) is 6.20 Å². The molecule has 0 bridgehead atoms. The van der Waals surface area contributed by atoms with E-state index in [0.717, 1.165) is 6.42 Å². The van der Waals surface area contributed by atoms with E-state index in [9.17, 15) is 0 Å². The smallest absolute Gasteiger partial charge is 0.129 e. The van der Waals surface area contributed by atoms with Crippen molar-refractivity contribution in [1.82, 2.24) is 4.98 Å². The Morgan fingerprint density at radius 3 is 2.61 bits per heavy atom. The minimum atomic E-state index is 0.222. The van der Waals surface area contributed by atoms with Crippen molar-refractivity contribution in [3.8, 4) is 0 Å². The van der Waals surface area contributed by atoms with Crippen molar-refractivity contribution in [1.29, 1.82) is 0 Å². The Morgan fingerprint density at radius 1 is 1.39 bits per heavy atom. The lowest BCUT2D eigenvalue weighted by molar-refractivity contribution is 0.342. The summed E-state index contributed by atoms with van der Waals surface area (Å²) in [6.45, 7) is 11.0. The minimum Gasteiger partial charge on any atom is -0.294 e. The lowest BCUT2D eigenvalue weighted by Gasteiger charge is -2.23. The van der Waals surface area contributed by atoms with Gasteiger partial charge in [-0.05, 0) is 48.6 Å². The zero-order chi connectivity index (χ0) is 13.8. The molecule has 0 aromatic carbocycles. The Morgan fingerprint density at radius 2 is 2.06 bits per heavy atom. The first-order chi connectivity index (χ1) is 8.30. The molecule has 1 rings (SSSR count). The van der Waals surface area contributed by atoms with Crippen LogP contribution in [0.3, 0.4) is 0 Å². The molecule has 3 heteroatoms. The molecule has 0 fully saturated rings. The van der Waals surface area contributed by atoms with E-state index in [4.69, 9.17) is 11.6 Å². The molecule has 100 valence electrons. The maximum Gasteiger partial charge on any atom is 0.129 e. The molecule has 1 aromatic rings. The molecule has 0 saturated carbocycles. The van der Waals surface area contributed by atoms with Gasteiger partial charge >= 0.3 is 0 Å². The van der Waals surface area contributed by atoms with Crippen LogP contribution in [0.4, 0.5) is 0 Å². The molecule has 2 atom stereocenters. The zero-order valence-corrected chi connectivity index (χ0v) is 12.7. The minimum absolute atomic E-state index is 0.222. The third kappa shape index (κ3) is 4.77. The van der Waals surface area contributed by atoms with Crippen LogP contribution >= 0.6 is 11.6 Å². The van der Waals surface area contributed by atoms with Gasteiger partial charge in [-0.25, -0.2) is 4.98 Å². The zero-order valence-electron chi connectivity index (χ0n) is 11.9. The average Bonchev–Trinajstić information content (AvgIpc) is 2.27. The standard InChI is InChI=1S/C15H23ClN2/c1-11(13-7-9-18-14(16)10-13)6-8-17-12(2)15(3,4)5/h7-12H,6H2,1-5H3/b17-8-. The number of aromatic nitrogens is 1. The lowest BCUT2D eigenvalue weighted by atomic mass is 9.88. The molecule has 2 unspecified atom stereocenters.